The molecule has 2 aromatic rings. The number of aromatic nitrogens is 1. The number of hydrogen-bond acceptors (Lipinski definition) is 5. The van der Waals surface area contributed by atoms with Gasteiger partial charge >= 0.3 is 5.97 Å². The van der Waals surface area contributed by atoms with E-state index in [-0.39, 0.29) is 11.2 Å². The average molecular weight is 267 g/mol. The molecule has 0 aliphatic carbocycles. The van der Waals surface area contributed by atoms with Crippen molar-refractivity contribution in [3.63, 3.8) is 0 Å². The summed E-state index contributed by atoms with van der Waals surface area (Å²) in [6.45, 7) is 2.01. The maximum Gasteiger partial charge on any atom is 0.306 e. The molecule has 5 heteroatoms. The van der Waals surface area contributed by atoms with Crippen molar-refractivity contribution in [3.05, 3.63) is 23.7 Å². The Hall–Kier alpha value is -1.07. The van der Waals surface area contributed by atoms with E-state index in [2.05, 4.69) is 21.2 Å². The number of thioether (sulfide) groups is 1. The standard InChI is InChI=1S/C12H13NO2S2/c1-8(7-11(14)15-2)17-12-9-4-6-16-10(9)3-5-13-12/h3-6,8H,7H2,1-2H3. The van der Waals surface area contributed by atoms with E-state index in [1.165, 1.54) is 17.2 Å². The largest absolute Gasteiger partial charge is 0.469 e. The highest BCUT2D eigenvalue weighted by Gasteiger charge is 2.13. The van der Waals surface area contributed by atoms with E-state index in [0.717, 1.165) is 5.03 Å². The number of methoxy groups -OCH3 is 1. The van der Waals surface area contributed by atoms with Crippen LogP contribution in [0.5, 0.6) is 0 Å². The number of fused-ring (bicyclic) bond motifs is 1. The molecule has 2 heterocycles. The second-order valence-electron chi connectivity index (χ2n) is 3.66. The molecule has 0 amide bonds. The van der Waals surface area contributed by atoms with Crippen LogP contribution in [0.1, 0.15) is 13.3 Å². The average Bonchev–Trinajstić information content (AvgIpc) is 2.78. The fraction of sp³-hybridized carbons (Fsp3) is 0.333. The lowest BCUT2D eigenvalue weighted by Crippen LogP contribution is -2.08. The van der Waals surface area contributed by atoms with Crippen LogP contribution in [0.3, 0.4) is 0 Å². The predicted octanol–water partition coefficient (Wildman–Crippen LogP) is 3.34. The van der Waals surface area contributed by atoms with Gasteiger partial charge in [0.15, 0.2) is 0 Å². The Morgan fingerprint density at radius 3 is 3.18 bits per heavy atom. The molecule has 90 valence electrons. The van der Waals surface area contributed by atoms with Crippen molar-refractivity contribution in [1.82, 2.24) is 4.98 Å². The van der Waals surface area contributed by atoms with Gasteiger partial charge in [0.1, 0.15) is 5.03 Å². The Labute approximate surface area is 108 Å². The molecule has 2 aromatic heterocycles. The Balaban J connectivity index is 2.12. The molecule has 0 spiro atoms. The van der Waals surface area contributed by atoms with Crippen molar-refractivity contribution < 1.29 is 9.53 Å². The second-order valence-corrected chi connectivity index (χ2v) is 6.03. The molecule has 0 fully saturated rings. The van der Waals surface area contributed by atoms with E-state index >= 15 is 0 Å². The van der Waals surface area contributed by atoms with E-state index in [9.17, 15) is 4.79 Å². The number of hydrogen-bond donors (Lipinski definition) is 0. The molecule has 0 saturated carbocycles. The van der Waals surface area contributed by atoms with Gasteiger partial charge in [0, 0.05) is 21.5 Å². The third-order valence-corrected chi connectivity index (χ3v) is 4.34. The van der Waals surface area contributed by atoms with Crippen molar-refractivity contribution in [2.75, 3.05) is 7.11 Å². The van der Waals surface area contributed by atoms with Crippen molar-refractivity contribution in [2.24, 2.45) is 0 Å². The zero-order valence-electron chi connectivity index (χ0n) is 9.67. The summed E-state index contributed by atoms with van der Waals surface area (Å²) in [5, 5.41) is 4.38. The summed E-state index contributed by atoms with van der Waals surface area (Å²) in [5.41, 5.74) is 0. The highest BCUT2D eigenvalue weighted by molar-refractivity contribution is 8.00. The fourth-order valence-electron chi connectivity index (χ4n) is 1.51. The Kier molecular flexibility index (Phi) is 4.02. The van der Waals surface area contributed by atoms with E-state index < -0.39 is 0 Å². The number of rotatable bonds is 4. The first-order valence-corrected chi connectivity index (χ1v) is 7.02. The normalized spacial score (nSPS) is 12.6. The maximum absolute atomic E-state index is 11.2. The van der Waals surface area contributed by atoms with Crippen LogP contribution in [0.2, 0.25) is 0 Å². The molecule has 0 aliphatic rings. The molecule has 0 aliphatic heterocycles. The fourth-order valence-corrected chi connectivity index (χ4v) is 3.39. The molecule has 0 N–H and O–H groups in total. The van der Waals surface area contributed by atoms with E-state index in [1.54, 1.807) is 23.1 Å². The van der Waals surface area contributed by atoms with Gasteiger partial charge in [-0.3, -0.25) is 4.79 Å². The quantitative estimate of drug-likeness (QED) is 0.629. The van der Waals surface area contributed by atoms with Gasteiger partial charge in [-0.1, -0.05) is 6.92 Å². The SMILES string of the molecule is COC(=O)CC(C)Sc1nccc2sccc12. The van der Waals surface area contributed by atoms with E-state index in [0.29, 0.717) is 6.42 Å². The highest BCUT2D eigenvalue weighted by atomic mass is 32.2. The van der Waals surface area contributed by atoms with Gasteiger partial charge in [-0.05, 0) is 17.5 Å². The third-order valence-electron chi connectivity index (χ3n) is 2.34. The second kappa shape index (κ2) is 5.51. The number of pyridine rings is 1. The van der Waals surface area contributed by atoms with Gasteiger partial charge in [0.25, 0.3) is 0 Å². The molecular weight excluding hydrogens is 254 g/mol. The maximum atomic E-state index is 11.2. The van der Waals surface area contributed by atoms with Crippen molar-refractivity contribution in [1.29, 1.82) is 0 Å². The first kappa shape index (κ1) is 12.4. The Morgan fingerprint density at radius 1 is 1.59 bits per heavy atom. The first-order chi connectivity index (χ1) is 8.20. The smallest absolute Gasteiger partial charge is 0.306 e. The number of nitrogens with zero attached hydrogens (tertiary/aromatic N) is 1. The third kappa shape index (κ3) is 2.98. The molecule has 0 radical (unpaired) electrons. The molecule has 0 aromatic carbocycles. The van der Waals surface area contributed by atoms with Crippen molar-refractivity contribution in [3.8, 4) is 0 Å². The van der Waals surface area contributed by atoms with Crippen LogP contribution in [0, 0.1) is 0 Å². The number of carbonyl (C=O) groups excluding carboxylic acids is 1. The molecule has 2 rings (SSSR count). The summed E-state index contributed by atoms with van der Waals surface area (Å²) in [4.78, 5) is 15.5. The summed E-state index contributed by atoms with van der Waals surface area (Å²) < 4.78 is 5.89. The van der Waals surface area contributed by atoms with Crippen LogP contribution in [0.25, 0.3) is 10.1 Å². The number of esters is 1. The lowest BCUT2D eigenvalue weighted by Gasteiger charge is -2.09. The molecule has 0 saturated heterocycles. The minimum Gasteiger partial charge on any atom is -0.469 e. The van der Waals surface area contributed by atoms with Crippen LogP contribution in [-0.4, -0.2) is 23.3 Å². The Bertz CT molecular complexity index is 524. The predicted molar refractivity (Wildman–Crippen MR) is 71.6 cm³/mol. The van der Waals surface area contributed by atoms with Crippen LogP contribution in [0.15, 0.2) is 28.7 Å². The minimum absolute atomic E-state index is 0.167. The van der Waals surface area contributed by atoms with Crippen molar-refractivity contribution in [2.45, 2.75) is 23.6 Å². The van der Waals surface area contributed by atoms with Gasteiger partial charge in [-0.2, -0.15) is 0 Å². The molecule has 1 atom stereocenters. The van der Waals surface area contributed by atoms with Crippen LogP contribution in [-0.2, 0) is 9.53 Å². The lowest BCUT2D eigenvalue weighted by atomic mass is 10.3. The topological polar surface area (TPSA) is 39.2 Å². The Morgan fingerprint density at radius 2 is 2.41 bits per heavy atom. The van der Waals surface area contributed by atoms with Gasteiger partial charge < -0.3 is 4.74 Å². The molecular formula is C12H13NO2S2. The molecule has 0 bridgehead atoms. The highest BCUT2D eigenvalue weighted by Crippen LogP contribution is 2.32. The summed E-state index contributed by atoms with van der Waals surface area (Å²) in [6, 6.07) is 4.08. The zero-order chi connectivity index (χ0) is 12.3. The number of ether oxygens (including phenoxy) is 1. The molecule has 3 nitrogen and oxygen atoms in total. The van der Waals surface area contributed by atoms with Gasteiger partial charge in [0.2, 0.25) is 0 Å². The lowest BCUT2D eigenvalue weighted by molar-refractivity contribution is -0.140. The van der Waals surface area contributed by atoms with Crippen LogP contribution in [0.4, 0.5) is 0 Å². The molecule has 1 unspecified atom stereocenters. The summed E-state index contributed by atoms with van der Waals surface area (Å²) in [7, 11) is 1.41. The summed E-state index contributed by atoms with van der Waals surface area (Å²) in [5.74, 6) is -0.178. The van der Waals surface area contributed by atoms with Crippen molar-refractivity contribution >= 4 is 39.2 Å². The van der Waals surface area contributed by atoms with Gasteiger partial charge in [-0.15, -0.1) is 23.1 Å². The molecule has 17 heavy (non-hydrogen) atoms. The minimum atomic E-state index is -0.178. The van der Waals surface area contributed by atoms with Gasteiger partial charge in [-0.25, -0.2) is 4.98 Å². The van der Waals surface area contributed by atoms with Crippen LogP contribution < -0.4 is 0 Å². The van der Waals surface area contributed by atoms with E-state index in [1.807, 2.05) is 19.2 Å². The van der Waals surface area contributed by atoms with Gasteiger partial charge in [0.05, 0.1) is 13.5 Å². The number of carbonyl (C=O) groups is 1. The number of thiophene rings is 1. The van der Waals surface area contributed by atoms with Crippen LogP contribution >= 0.6 is 23.1 Å². The summed E-state index contributed by atoms with van der Waals surface area (Å²) in [6.07, 6.45) is 2.22. The van der Waals surface area contributed by atoms with E-state index in [4.69, 9.17) is 0 Å². The summed E-state index contributed by atoms with van der Waals surface area (Å²) >= 11 is 3.32. The monoisotopic (exact) mass is 267 g/mol. The zero-order valence-corrected chi connectivity index (χ0v) is 11.3. The first-order valence-electron chi connectivity index (χ1n) is 5.26.